The predicted molar refractivity (Wildman–Crippen MR) is 52.7 cm³/mol. The van der Waals surface area contributed by atoms with Gasteiger partial charge < -0.3 is 11.5 Å². The van der Waals surface area contributed by atoms with E-state index in [1.807, 2.05) is 0 Å². The van der Waals surface area contributed by atoms with E-state index in [1.54, 1.807) is 0 Å². The predicted octanol–water partition coefficient (Wildman–Crippen LogP) is 1.27. The molecule has 0 heterocycles. The van der Waals surface area contributed by atoms with Crippen LogP contribution < -0.4 is 11.5 Å². The second kappa shape index (κ2) is 4.06. The van der Waals surface area contributed by atoms with Crippen molar-refractivity contribution in [3.63, 3.8) is 0 Å². The fraction of sp³-hybridized carbons (Fsp3) is 0.800. The van der Waals surface area contributed by atoms with Gasteiger partial charge in [-0.1, -0.05) is 11.1 Å². The van der Waals surface area contributed by atoms with Gasteiger partial charge in [0, 0.05) is 0 Å². The van der Waals surface area contributed by atoms with E-state index in [-0.39, 0.29) is 0 Å². The molecule has 0 aliphatic heterocycles. The molecule has 0 saturated carbocycles. The molecule has 2 atom stereocenters. The topological polar surface area (TPSA) is 52.0 Å². The van der Waals surface area contributed by atoms with Gasteiger partial charge in [0.1, 0.15) is 0 Å². The van der Waals surface area contributed by atoms with E-state index in [0.717, 1.165) is 25.9 Å². The van der Waals surface area contributed by atoms with Gasteiger partial charge in [0.05, 0.1) is 0 Å². The second-order valence-corrected chi connectivity index (χ2v) is 3.96. The molecule has 0 aromatic heterocycles. The van der Waals surface area contributed by atoms with Crippen LogP contribution in [-0.2, 0) is 0 Å². The lowest BCUT2D eigenvalue weighted by Crippen LogP contribution is -2.32. The Bertz CT molecular complexity index is 164. The van der Waals surface area contributed by atoms with Gasteiger partial charge in [-0.05, 0) is 51.6 Å². The first-order valence-electron chi connectivity index (χ1n) is 4.74. The van der Waals surface area contributed by atoms with Gasteiger partial charge in [-0.2, -0.15) is 0 Å². The van der Waals surface area contributed by atoms with Crippen molar-refractivity contribution >= 4 is 0 Å². The smallest absolute Gasteiger partial charge is 0.00426 e. The highest BCUT2D eigenvalue weighted by Gasteiger charge is 2.24. The molecule has 0 radical (unpaired) electrons. The maximum absolute atomic E-state index is 5.70. The average molecular weight is 168 g/mol. The molecule has 2 heteroatoms. The van der Waals surface area contributed by atoms with Crippen molar-refractivity contribution < 1.29 is 0 Å². The molecule has 2 nitrogen and oxygen atoms in total. The van der Waals surface area contributed by atoms with Crippen molar-refractivity contribution in [2.75, 3.05) is 13.1 Å². The quantitative estimate of drug-likeness (QED) is 0.610. The van der Waals surface area contributed by atoms with E-state index in [0.29, 0.717) is 11.8 Å². The molecule has 0 unspecified atom stereocenters. The van der Waals surface area contributed by atoms with Gasteiger partial charge in [0.25, 0.3) is 0 Å². The lowest BCUT2D eigenvalue weighted by Gasteiger charge is -2.31. The van der Waals surface area contributed by atoms with E-state index in [2.05, 4.69) is 13.8 Å². The van der Waals surface area contributed by atoms with Crippen LogP contribution in [0, 0.1) is 11.8 Å². The minimum absolute atomic E-state index is 0.624. The third kappa shape index (κ3) is 1.87. The minimum atomic E-state index is 0.624. The van der Waals surface area contributed by atoms with Crippen LogP contribution in [0.4, 0.5) is 0 Å². The molecule has 0 aromatic carbocycles. The molecule has 70 valence electrons. The summed E-state index contributed by atoms with van der Waals surface area (Å²) >= 11 is 0. The Morgan fingerprint density at radius 1 is 1.00 bits per heavy atom. The Morgan fingerprint density at radius 3 is 1.58 bits per heavy atom. The summed E-state index contributed by atoms with van der Waals surface area (Å²) in [6, 6.07) is 0. The Kier molecular flexibility index (Phi) is 3.29. The standard InChI is InChI=1S/C10H20N2/c1-7-3-9(5-11)10(6-12)4-8(7)2/h9-10H,3-6,11-12H2,1-2H3/t9-,10+. The van der Waals surface area contributed by atoms with Crippen molar-refractivity contribution in [1.82, 2.24) is 0 Å². The van der Waals surface area contributed by atoms with Crippen molar-refractivity contribution in [2.24, 2.45) is 23.3 Å². The summed E-state index contributed by atoms with van der Waals surface area (Å²) in [5.74, 6) is 1.25. The number of nitrogens with two attached hydrogens (primary N) is 2. The molecule has 0 fully saturated rings. The Labute approximate surface area is 75.0 Å². The molecular weight excluding hydrogens is 148 g/mol. The van der Waals surface area contributed by atoms with Crippen molar-refractivity contribution in [3.05, 3.63) is 11.1 Å². The summed E-state index contributed by atoms with van der Waals surface area (Å²) in [7, 11) is 0. The minimum Gasteiger partial charge on any atom is -0.330 e. The van der Waals surface area contributed by atoms with Crippen LogP contribution in [0.1, 0.15) is 26.7 Å². The molecular formula is C10H20N2. The molecule has 0 saturated heterocycles. The first-order chi connectivity index (χ1) is 5.69. The van der Waals surface area contributed by atoms with Crippen LogP contribution in [0.5, 0.6) is 0 Å². The van der Waals surface area contributed by atoms with Gasteiger partial charge in [-0.15, -0.1) is 0 Å². The first-order valence-corrected chi connectivity index (χ1v) is 4.74. The second-order valence-electron chi connectivity index (χ2n) is 3.96. The molecule has 0 aromatic rings. The van der Waals surface area contributed by atoms with Gasteiger partial charge in [0.2, 0.25) is 0 Å². The Morgan fingerprint density at radius 2 is 1.33 bits per heavy atom. The van der Waals surface area contributed by atoms with E-state index < -0.39 is 0 Å². The van der Waals surface area contributed by atoms with Crippen LogP contribution in [0.3, 0.4) is 0 Å². The molecule has 4 N–H and O–H groups in total. The summed E-state index contributed by atoms with van der Waals surface area (Å²) < 4.78 is 0. The average Bonchev–Trinajstić information content (AvgIpc) is 2.09. The maximum atomic E-state index is 5.70. The van der Waals surface area contributed by atoms with Crippen LogP contribution in [0.25, 0.3) is 0 Å². The van der Waals surface area contributed by atoms with Gasteiger partial charge in [-0.3, -0.25) is 0 Å². The van der Waals surface area contributed by atoms with Crippen LogP contribution in [0.2, 0.25) is 0 Å². The Balaban J connectivity index is 2.68. The van der Waals surface area contributed by atoms with Crippen LogP contribution in [-0.4, -0.2) is 13.1 Å². The maximum Gasteiger partial charge on any atom is -0.00426 e. The lowest BCUT2D eigenvalue weighted by atomic mass is 9.77. The molecule has 1 rings (SSSR count). The molecule has 12 heavy (non-hydrogen) atoms. The van der Waals surface area contributed by atoms with Gasteiger partial charge in [-0.25, -0.2) is 0 Å². The summed E-state index contributed by atoms with van der Waals surface area (Å²) in [5.41, 5.74) is 14.4. The van der Waals surface area contributed by atoms with Crippen molar-refractivity contribution in [2.45, 2.75) is 26.7 Å². The van der Waals surface area contributed by atoms with E-state index >= 15 is 0 Å². The summed E-state index contributed by atoms with van der Waals surface area (Å²) in [5, 5.41) is 0. The lowest BCUT2D eigenvalue weighted by molar-refractivity contribution is 0.321. The summed E-state index contributed by atoms with van der Waals surface area (Å²) in [6.07, 6.45) is 2.31. The highest BCUT2D eigenvalue weighted by atomic mass is 14.6. The highest BCUT2D eigenvalue weighted by Crippen LogP contribution is 2.32. The van der Waals surface area contributed by atoms with Crippen LogP contribution >= 0.6 is 0 Å². The fourth-order valence-electron chi connectivity index (χ4n) is 2.02. The zero-order chi connectivity index (χ0) is 9.14. The third-order valence-electron chi connectivity index (χ3n) is 3.14. The fourth-order valence-corrected chi connectivity index (χ4v) is 2.02. The number of hydrogen-bond acceptors (Lipinski definition) is 2. The zero-order valence-corrected chi connectivity index (χ0v) is 8.14. The monoisotopic (exact) mass is 168 g/mol. The Hall–Kier alpha value is -0.340. The van der Waals surface area contributed by atoms with Gasteiger partial charge >= 0.3 is 0 Å². The summed E-state index contributed by atoms with van der Waals surface area (Å²) in [6.45, 7) is 5.99. The third-order valence-corrected chi connectivity index (χ3v) is 3.14. The van der Waals surface area contributed by atoms with E-state index in [1.165, 1.54) is 11.1 Å². The zero-order valence-electron chi connectivity index (χ0n) is 8.14. The first kappa shape index (κ1) is 9.75. The van der Waals surface area contributed by atoms with Crippen LogP contribution in [0.15, 0.2) is 11.1 Å². The molecule has 1 aliphatic carbocycles. The van der Waals surface area contributed by atoms with E-state index in [9.17, 15) is 0 Å². The van der Waals surface area contributed by atoms with E-state index in [4.69, 9.17) is 11.5 Å². The molecule has 0 bridgehead atoms. The molecule has 0 amide bonds. The SMILES string of the molecule is CC1=C(C)C[C@H](CN)[C@H](CN)C1. The number of rotatable bonds is 2. The number of hydrogen-bond donors (Lipinski definition) is 2. The normalized spacial score (nSPS) is 31.0. The largest absolute Gasteiger partial charge is 0.330 e. The summed E-state index contributed by atoms with van der Waals surface area (Å²) in [4.78, 5) is 0. The molecule has 0 spiro atoms. The highest BCUT2D eigenvalue weighted by molar-refractivity contribution is 5.15. The molecule has 1 aliphatic rings. The number of allylic oxidation sites excluding steroid dienone is 2. The van der Waals surface area contributed by atoms with Crippen molar-refractivity contribution in [1.29, 1.82) is 0 Å². The van der Waals surface area contributed by atoms with Gasteiger partial charge in [0.15, 0.2) is 0 Å². The van der Waals surface area contributed by atoms with Crippen molar-refractivity contribution in [3.8, 4) is 0 Å².